The van der Waals surface area contributed by atoms with Crippen LogP contribution in [0, 0.1) is 0 Å². The monoisotopic (exact) mass is 326 g/mol. The molecule has 2 fully saturated rings. The molecule has 0 aliphatic carbocycles. The fourth-order valence-corrected chi connectivity index (χ4v) is 3.53. The number of carbonyl (C=O) groups is 2. The molecular weight excluding hydrogens is 304 g/mol. The number of carbonyl (C=O) groups excluding carboxylic acids is 2. The Hall–Kier alpha value is -2.34. The first-order chi connectivity index (χ1) is 11.7. The Labute approximate surface area is 140 Å². The summed E-state index contributed by atoms with van der Waals surface area (Å²) in [6.07, 6.45) is 2.31. The molecule has 0 saturated carbocycles. The van der Waals surface area contributed by atoms with Gasteiger partial charge >= 0.3 is 0 Å². The maximum absolute atomic E-state index is 12.3. The lowest BCUT2D eigenvalue weighted by atomic mass is 10.1. The average Bonchev–Trinajstić information content (AvgIpc) is 3.17. The standard InChI is InChI=1S/C18H22N4O2/c23-17(22-9-6-14(12-22)21-7-3-8-21)11-19-18(24)16-10-13-4-1-2-5-15(13)20-16/h1-2,4-5,10,14,20H,3,6-9,11-12H2,(H,19,24). The van der Waals surface area contributed by atoms with Gasteiger partial charge in [0.1, 0.15) is 5.69 Å². The van der Waals surface area contributed by atoms with Gasteiger partial charge in [0.25, 0.3) is 5.91 Å². The molecule has 126 valence electrons. The van der Waals surface area contributed by atoms with E-state index in [2.05, 4.69) is 15.2 Å². The second-order valence-corrected chi connectivity index (χ2v) is 6.62. The Morgan fingerprint density at radius 1 is 1.21 bits per heavy atom. The van der Waals surface area contributed by atoms with Crippen LogP contribution in [0.5, 0.6) is 0 Å². The normalized spacial score (nSPS) is 21.0. The SMILES string of the molecule is O=C(NCC(=O)N1CCC(N2CCC2)C1)c1cc2ccccc2[nH]1. The molecule has 1 atom stereocenters. The van der Waals surface area contributed by atoms with Crippen LogP contribution in [0.2, 0.25) is 0 Å². The predicted molar refractivity (Wildman–Crippen MR) is 91.8 cm³/mol. The molecule has 2 saturated heterocycles. The third kappa shape index (κ3) is 2.89. The van der Waals surface area contributed by atoms with E-state index in [1.807, 2.05) is 35.2 Å². The second-order valence-electron chi connectivity index (χ2n) is 6.62. The molecule has 3 heterocycles. The first kappa shape index (κ1) is 15.2. The maximum atomic E-state index is 12.3. The Balaban J connectivity index is 1.31. The zero-order valence-electron chi connectivity index (χ0n) is 13.6. The van der Waals surface area contributed by atoms with Gasteiger partial charge < -0.3 is 15.2 Å². The summed E-state index contributed by atoms with van der Waals surface area (Å²) < 4.78 is 0. The third-order valence-corrected chi connectivity index (χ3v) is 5.10. The van der Waals surface area contributed by atoms with Crippen molar-refractivity contribution >= 4 is 22.7 Å². The zero-order chi connectivity index (χ0) is 16.5. The molecule has 1 aromatic carbocycles. The van der Waals surface area contributed by atoms with Gasteiger partial charge in [-0.1, -0.05) is 18.2 Å². The van der Waals surface area contributed by atoms with Crippen LogP contribution in [0.3, 0.4) is 0 Å². The van der Waals surface area contributed by atoms with Crippen molar-refractivity contribution in [3.05, 3.63) is 36.0 Å². The van der Waals surface area contributed by atoms with Crippen molar-refractivity contribution < 1.29 is 9.59 Å². The predicted octanol–water partition coefficient (Wildman–Crippen LogP) is 1.20. The smallest absolute Gasteiger partial charge is 0.268 e. The molecular formula is C18H22N4O2. The summed E-state index contributed by atoms with van der Waals surface area (Å²) in [6, 6.07) is 10.1. The molecule has 0 bridgehead atoms. The molecule has 1 unspecified atom stereocenters. The van der Waals surface area contributed by atoms with Gasteiger partial charge in [0.05, 0.1) is 6.54 Å². The molecule has 1 aromatic heterocycles. The van der Waals surface area contributed by atoms with Crippen molar-refractivity contribution in [3.63, 3.8) is 0 Å². The number of benzene rings is 1. The lowest BCUT2D eigenvalue weighted by molar-refractivity contribution is -0.129. The molecule has 2 amide bonds. The van der Waals surface area contributed by atoms with Gasteiger partial charge in [-0.3, -0.25) is 14.5 Å². The van der Waals surface area contributed by atoms with Crippen molar-refractivity contribution in [1.29, 1.82) is 0 Å². The zero-order valence-corrected chi connectivity index (χ0v) is 13.6. The summed E-state index contributed by atoms with van der Waals surface area (Å²) in [6.45, 7) is 3.96. The summed E-state index contributed by atoms with van der Waals surface area (Å²) in [5.41, 5.74) is 1.41. The fraction of sp³-hybridized carbons (Fsp3) is 0.444. The van der Waals surface area contributed by atoms with E-state index >= 15 is 0 Å². The van der Waals surface area contributed by atoms with E-state index < -0.39 is 0 Å². The third-order valence-electron chi connectivity index (χ3n) is 5.10. The lowest BCUT2D eigenvalue weighted by Gasteiger charge is -2.36. The number of aromatic nitrogens is 1. The van der Waals surface area contributed by atoms with Crippen LogP contribution in [0.15, 0.2) is 30.3 Å². The number of nitrogens with one attached hydrogen (secondary N) is 2. The Morgan fingerprint density at radius 2 is 2.04 bits per heavy atom. The molecule has 2 aliphatic rings. The molecule has 0 spiro atoms. The molecule has 24 heavy (non-hydrogen) atoms. The molecule has 0 radical (unpaired) electrons. The highest BCUT2D eigenvalue weighted by molar-refractivity contribution is 5.99. The van der Waals surface area contributed by atoms with E-state index in [0.717, 1.165) is 43.5 Å². The maximum Gasteiger partial charge on any atom is 0.268 e. The minimum Gasteiger partial charge on any atom is -0.351 e. The number of hydrogen-bond donors (Lipinski definition) is 2. The minimum atomic E-state index is -0.238. The quantitative estimate of drug-likeness (QED) is 0.887. The number of nitrogens with zero attached hydrogens (tertiary/aromatic N) is 2. The second kappa shape index (κ2) is 6.28. The molecule has 6 nitrogen and oxygen atoms in total. The van der Waals surface area contributed by atoms with Crippen molar-refractivity contribution in [3.8, 4) is 0 Å². The fourth-order valence-electron chi connectivity index (χ4n) is 3.53. The van der Waals surface area contributed by atoms with Gasteiger partial charge in [0.15, 0.2) is 0 Å². The molecule has 6 heteroatoms. The van der Waals surface area contributed by atoms with E-state index in [9.17, 15) is 9.59 Å². The van der Waals surface area contributed by atoms with E-state index in [4.69, 9.17) is 0 Å². The van der Waals surface area contributed by atoms with Crippen LogP contribution in [0.25, 0.3) is 10.9 Å². The van der Waals surface area contributed by atoms with Crippen molar-refractivity contribution in [2.24, 2.45) is 0 Å². The molecule has 2 aliphatic heterocycles. The number of aromatic amines is 1. The van der Waals surface area contributed by atoms with Crippen LogP contribution in [0.1, 0.15) is 23.3 Å². The minimum absolute atomic E-state index is 0.00230. The lowest BCUT2D eigenvalue weighted by Crippen LogP contribution is -2.47. The van der Waals surface area contributed by atoms with Gasteiger partial charge in [-0.2, -0.15) is 0 Å². The summed E-state index contributed by atoms with van der Waals surface area (Å²) >= 11 is 0. The summed E-state index contributed by atoms with van der Waals surface area (Å²) in [5.74, 6) is -0.236. The van der Waals surface area contributed by atoms with Gasteiger partial charge in [0.2, 0.25) is 5.91 Å². The van der Waals surface area contributed by atoms with Crippen LogP contribution < -0.4 is 5.32 Å². The number of para-hydroxylation sites is 1. The van der Waals surface area contributed by atoms with Crippen LogP contribution in [-0.4, -0.2) is 65.4 Å². The highest BCUT2D eigenvalue weighted by atomic mass is 16.2. The summed E-state index contributed by atoms with van der Waals surface area (Å²) in [4.78, 5) is 31.9. The highest BCUT2D eigenvalue weighted by Crippen LogP contribution is 2.20. The Morgan fingerprint density at radius 3 is 2.79 bits per heavy atom. The Bertz CT molecular complexity index is 732. The van der Waals surface area contributed by atoms with E-state index in [1.54, 1.807) is 0 Å². The van der Waals surface area contributed by atoms with Crippen LogP contribution >= 0.6 is 0 Å². The number of rotatable bonds is 4. The summed E-state index contributed by atoms with van der Waals surface area (Å²) in [7, 11) is 0. The summed E-state index contributed by atoms with van der Waals surface area (Å²) in [5, 5.41) is 3.73. The topological polar surface area (TPSA) is 68.4 Å². The number of hydrogen-bond acceptors (Lipinski definition) is 3. The van der Waals surface area contributed by atoms with Gasteiger partial charge in [-0.15, -0.1) is 0 Å². The average molecular weight is 326 g/mol. The van der Waals surface area contributed by atoms with Gasteiger partial charge in [-0.25, -0.2) is 0 Å². The number of amides is 2. The largest absolute Gasteiger partial charge is 0.351 e. The first-order valence-corrected chi connectivity index (χ1v) is 8.58. The van der Waals surface area contributed by atoms with Crippen LogP contribution in [0.4, 0.5) is 0 Å². The van der Waals surface area contributed by atoms with Crippen molar-refractivity contribution in [1.82, 2.24) is 20.1 Å². The molecule has 4 rings (SSSR count). The van der Waals surface area contributed by atoms with E-state index in [1.165, 1.54) is 6.42 Å². The highest BCUT2D eigenvalue weighted by Gasteiger charge is 2.32. The molecule has 2 aromatic rings. The van der Waals surface area contributed by atoms with Crippen molar-refractivity contribution in [2.45, 2.75) is 18.9 Å². The molecule has 2 N–H and O–H groups in total. The number of H-pyrrole nitrogens is 1. The first-order valence-electron chi connectivity index (χ1n) is 8.58. The van der Waals surface area contributed by atoms with Gasteiger partial charge in [0, 0.05) is 30.0 Å². The number of likely N-dealkylation sites (tertiary alicyclic amines) is 2. The van der Waals surface area contributed by atoms with E-state index in [-0.39, 0.29) is 18.4 Å². The van der Waals surface area contributed by atoms with E-state index in [0.29, 0.717) is 11.7 Å². The number of fused-ring (bicyclic) bond motifs is 1. The van der Waals surface area contributed by atoms with Crippen LogP contribution in [-0.2, 0) is 4.79 Å². The Kier molecular flexibility index (Phi) is 3.98. The van der Waals surface area contributed by atoms with Gasteiger partial charge in [-0.05, 0) is 38.1 Å². The van der Waals surface area contributed by atoms with Crippen molar-refractivity contribution in [2.75, 3.05) is 32.7 Å².